The summed E-state index contributed by atoms with van der Waals surface area (Å²) in [5.74, 6) is -0.599. The Morgan fingerprint density at radius 1 is 1.05 bits per heavy atom. The molecule has 208 valence electrons. The number of thiazole rings is 1. The zero-order valence-electron chi connectivity index (χ0n) is 22.8. The van der Waals surface area contributed by atoms with E-state index in [0.717, 1.165) is 17.5 Å². The van der Waals surface area contributed by atoms with Gasteiger partial charge < -0.3 is 14.6 Å². The first-order valence-electron chi connectivity index (χ1n) is 13.3. The van der Waals surface area contributed by atoms with Gasteiger partial charge in [0, 0.05) is 6.20 Å². The van der Waals surface area contributed by atoms with Crippen LogP contribution in [0.25, 0.3) is 21.6 Å². The smallest absolute Gasteiger partial charge is 0.301 e. The molecule has 1 unspecified atom stereocenters. The van der Waals surface area contributed by atoms with Crippen molar-refractivity contribution in [1.82, 2.24) is 14.4 Å². The molecule has 10 heteroatoms. The molecule has 1 aliphatic heterocycles. The fourth-order valence-electron chi connectivity index (χ4n) is 5.10. The summed E-state index contributed by atoms with van der Waals surface area (Å²) in [6.07, 6.45) is 3.64. The molecule has 0 bridgehead atoms. The SMILES string of the molecule is CCCCOc1cccc(C2C(=C(O)c3c(C)nc4ccccn34)C(=O)C(=O)N2c2nc3ccc(OC)cc3s2)c1. The predicted molar refractivity (Wildman–Crippen MR) is 158 cm³/mol. The van der Waals surface area contributed by atoms with Gasteiger partial charge in [-0.2, -0.15) is 0 Å². The average Bonchev–Trinajstić information content (AvgIpc) is 3.63. The van der Waals surface area contributed by atoms with E-state index in [1.54, 1.807) is 30.7 Å². The topological polar surface area (TPSA) is 106 Å². The Kier molecular flexibility index (Phi) is 6.92. The molecule has 9 nitrogen and oxygen atoms in total. The number of pyridine rings is 1. The molecule has 1 aliphatic rings. The van der Waals surface area contributed by atoms with Gasteiger partial charge in [0.15, 0.2) is 10.9 Å². The minimum Gasteiger partial charge on any atom is -0.505 e. The molecule has 1 atom stereocenters. The molecule has 0 aliphatic carbocycles. The molecule has 0 saturated carbocycles. The van der Waals surface area contributed by atoms with Gasteiger partial charge in [0.25, 0.3) is 5.78 Å². The molecule has 0 radical (unpaired) electrons. The number of hydrogen-bond acceptors (Lipinski definition) is 8. The third-order valence-electron chi connectivity index (χ3n) is 7.10. The summed E-state index contributed by atoms with van der Waals surface area (Å²) in [7, 11) is 1.58. The normalized spacial score (nSPS) is 16.7. The summed E-state index contributed by atoms with van der Waals surface area (Å²) in [6, 6.07) is 17.3. The van der Waals surface area contributed by atoms with E-state index >= 15 is 0 Å². The zero-order chi connectivity index (χ0) is 28.7. The second kappa shape index (κ2) is 10.7. The number of carbonyl (C=O) groups is 2. The molecular formula is C31H28N4O5S. The summed E-state index contributed by atoms with van der Waals surface area (Å²) < 4.78 is 13.8. The van der Waals surface area contributed by atoms with E-state index in [9.17, 15) is 14.7 Å². The fraction of sp³-hybridized carbons (Fsp3) is 0.226. The van der Waals surface area contributed by atoms with Crippen LogP contribution >= 0.6 is 11.3 Å². The summed E-state index contributed by atoms with van der Waals surface area (Å²) in [5, 5.41) is 12.1. The van der Waals surface area contributed by atoms with Crippen LogP contribution in [0.2, 0.25) is 0 Å². The molecule has 1 N–H and O–H groups in total. The van der Waals surface area contributed by atoms with Crippen LogP contribution in [-0.4, -0.2) is 44.9 Å². The molecule has 6 rings (SSSR count). The summed E-state index contributed by atoms with van der Waals surface area (Å²) in [5.41, 5.74) is 2.74. The van der Waals surface area contributed by atoms with E-state index in [0.29, 0.717) is 51.4 Å². The van der Waals surface area contributed by atoms with Gasteiger partial charge >= 0.3 is 5.91 Å². The Morgan fingerprint density at radius 3 is 2.71 bits per heavy atom. The molecule has 5 aromatic rings. The van der Waals surface area contributed by atoms with E-state index in [1.165, 1.54) is 16.2 Å². The lowest BCUT2D eigenvalue weighted by atomic mass is 9.96. The van der Waals surface area contributed by atoms with Gasteiger partial charge in [0.2, 0.25) is 0 Å². The zero-order valence-corrected chi connectivity index (χ0v) is 23.6. The number of ketones is 1. The molecule has 4 heterocycles. The standard InChI is InChI=1S/C31H28N4O5S/c1-4-5-15-40-21-10-8-9-19(16-21)27-25(28(36)26-18(2)32-24-11-6-7-14-34(24)26)29(37)30(38)35(27)31-33-22-13-12-20(39-3)17-23(22)41-31/h6-14,16-17,27,36H,4-5,15H2,1-3H3. The number of fused-ring (bicyclic) bond motifs is 2. The number of carbonyl (C=O) groups excluding carboxylic acids is 2. The minimum absolute atomic E-state index is 0.0358. The number of anilines is 1. The number of hydrogen-bond donors (Lipinski definition) is 1. The van der Waals surface area contributed by atoms with Gasteiger partial charge in [-0.05, 0) is 61.4 Å². The Hall–Kier alpha value is -4.70. The van der Waals surface area contributed by atoms with Crippen LogP contribution in [0.1, 0.15) is 42.8 Å². The predicted octanol–water partition coefficient (Wildman–Crippen LogP) is 6.07. The lowest BCUT2D eigenvalue weighted by Gasteiger charge is -2.23. The lowest BCUT2D eigenvalue weighted by Crippen LogP contribution is -2.29. The number of unbranched alkanes of at least 4 members (excludes halogenated alkanes) is 1. The van der Waals surface area contributed by atoms with Crippen LogP contribution < -0.4 is 14.4 Å². The number of nitrogens with zero attached hydrogens (tertiary/aromatic N) is 4. The van der Waals surface area contributed by atoms with Gasteiger partial charge in [0.1, 0.15) is 22.8 Å². The first kappa shape index (κ1) is 26.5. The number of aromatic nitrogens is 3. The number of Topliss-reactive ketones (excluding diaryl/α,β-unsaturated/α-hetero) is 1. The number of benzene rings is 2. The van der Waals surface area contributed by atoms with Gasteiger partial charge in [-0.15, -0.1) is 0 Å². The van der Waals surface area contributed by atoms with E-state index in [-0.39, 0.29) is 11.3 Å². The highest BCUT2D eigenvalue weighted by Gasteiger charge is 2.48. The Morgan fingerprint density at radius 2 is 1.90 bits per heavy atom. The second-order valence-electron chi connectivity index (χ2n) is 9.75. The van der Waals surface area contributed by atoms with Crippen molar-refractivity contribution in [2.75, 3.05) is 18.6 Å². The fourth-order valence-corrected chi connectivity index (χ4v) is 6.12. The number of rotatable bonds is 8. The summed E-state index contributed by atoms with van der Waals surface area (Å²) in [4.78, 5) is 38.1. The van der Waals surface area contributed by atoms with E-state index in [1.807, 2.05) is 54.6 Å². The van der Waals surface area contributed by atoms with Crippen LogP contribution in [0.4, 0.5) is 5.13 Å². The lowest BCUT2D eigenvalue weighted by molar-refractivity contribution is -0.132. The van der Waals surface area contributed by atoms with Crippen molar-refractivity contribution >= 4 is 49.8 Å². The van der Waals surface area contributed by atoms with Crippen molar-refractivity contribution < 1.29 is 24.2 Å². The van der Waals surface area contributed by atoms with Crippen molar-refractivity contribution in [3.8, 4) is 11.5 Å². The first-order chi connectivity index (χ1) is 19.9. The Labute approximate surface area is 240 Å². The summed E-state index contributed by atoms with van der Waals surface area (Å²) >= 11 is 1.28. The van der Waals surface area contributed by atoms with Crippen molar-refractivity contribution in [3.63, 3.8) is 0 Å². The van der Waals surface area contributed by atoms with Crippen LogP contribution in [0, 0.1) is 6.92 Å². The van der Waals surface area contributed by atoms with Crippen LogP contribution in [-0.2, 0) is 9.59 Å². The number of methoxy groups -OCH3 is 1. The highest BCUT2D eigenvalue weighted by atomic mass is 32.1. The number of amides is 1. The van der Waals surface area contributed by atoms with Gasteiger partial charge in [-0.1, -0.05) is 42.9 Å². The maximum absolute atomic E-state index is 13.8. The quantitative estimate of drug-likeness (QED) is 0.105. The number of aliphatic hydroxyl groups is 1. The minimum atomic E-state index is -0.944. The van der Waals surface area contributed by atoms with Crippen molar-refractivity contribution in [2.45, 2.75) is 32.7 Å². The van der Waals surface area contributed by atoms with E-state index in [2.05, 4.69) is 11.9 Å². The van der Waals surface area contributed by atoms with Crippen molar-refractivity contribution in [1.29, 1.82) is 0 Å². The molecule has 0 spiro atoms. The number of ether oxygens (including phenoxy) is 2. The molecular weight excluding hydrogens is 540 g/mol. The molecule has 1 amide bonds. The third kappa shape index (κ3) is 4.59. The van der Waals surface area contributed by atoms with Crippen LogP contribution in [0.15, 0.2) is 72.4 Å². The van der Waals surface area contributed by atoms with Gasteiger partial charge in [-0.25, -0.2) is 9.97 Å². The Bertz CT molecular complexity index is 1840. The number of imidazole rings is 1. The van der Waals surface area contributed by atoms with Crippen LogP contribution in [0.3, 0.4) is 0 Å². The summed E-state index contributed by atoms with van der Waals surface area (Å²) in [6.45, 7) is 4.39. The van der Waals surface area contributed by atoms with E-state index < -0.39 is 17.7 Å². The maximum Gasteiger partial charge on any atom is 0.301 e. The Balaban J connectivity index is 1.55. The van der Waals surface area contributed by atoms with Crippen molar-refractivity contribution in [3.05, 3.63) is 89.4 Å². The van der Waals surface area contributed by atoms with Crippen LogP contribution in [0.5, 0.6) is 11.5 Å². The van der Waals surface area contributed by atoms with E-state index in [4.69, 9.17) is 14.5 Å². The van der Waals surface area contributed by atoms with Gasteiger partial charge in [0.05, 0.1) is 41.2 Å². The second-order valence-corrected chi connectivity index (χ2v) is 10.8. The first-order valence-corrected chi connectivity index (χ1v) is 14.1. The monoisotopic (exact) mass is 568 g/mol. The number of aryl methyl sites for hydroxylation is 1. The molecule has 2 aromatic carbocycles. The molecule has 1 saturated heterocycles. The van der Waals surface area contributed by atoms with Crippen molar-refractivity contribution in [2.24, 2.45) is 0 Å². The molecule has 41 heavy (non-hydrogen) atoms. The maximum atomic E-state index is 13.8. The number of aliphatic hydroxyl groups excluding tert-OH is 1. The largest absolute Gasteiger partial charge is 0.505 e. The average molecular weight is 569 g/mol. The van der Waals surface area contributed by atoms with Gasteiger partial charge in [-0.3, -0.25) is 18.9 Å². The molecule has 3 aromatic heterocycles. The molecule has 1 fully saturated rings. The third-order valence-corrected chi connectivity index (χ3v) is 8.12. The highest BCUT2D eigenvalue weighted by molar-refractivity contribution is 7.22. The highest BCUT2D eigenvalue weighted by Crippen LogP contribution is 2.45.